The van der Waals surface area contributed by atoms with Crippen LogP contribution in [0.5, 0.6) is 0 Å². The summed E-state index contributed by atoms with van der Waals surface area (Å²) in [4.78, 5) is 24.1. The third-order valence-electron chi connectivity index (χ3n) is 3.29. The summed E-state index contributed by atoms with van der Waals surface area (Å²) >= 11 is 0. The zero-order chi connectivity index (χ0) is 17.8. The molecule has 0 aliphatic carbocycles. The molecule has 0 spiro atoms. The predicted octanol–water partition coefficient (Wildman–Crippen LogP) is 2.66. The highest BCUT2D eigenvalue weighted by molar-refractivity contribution is 5.89. The van der Waals surface area contributed by atoms with Crippen molar-refractivity contribution in [2.24, 2.45) is 5.41 Å². The van der Waals surface area contributed by atoms with Gasteiger partial charge in [0.2, 0.25) is 11.4 Å². The van der Waals surface area contributed by atoms with Crippen LogP contribution in [0.4, 0.5) is 13.2 Å². The van der Waals surface area contributed by atoms with Gasteiger partial charge in [0.15, 0.2) is 0 Å². The van der Waals surface area contributed by atoms with E-state index < -0.39 is 30.0 Å². The first-order valence-corrected chi connectivity index (χ1v) is 6.64. The maximum Gasteiger partial charge on any atom is 0.422 e. The molecule has 0 fully saturated rings. The standard InChI is InChI=1S/C14H21F3N2O3/c1-12(2,3)7-9-19(10(20)6-8-18)13(4,11(21)22-5)14(15,16)17/h6-7,9H2,1-5H3. The Morgan fingerprint density at radius 1 is 1.18 bits per heavy atom. The summed E-state index contributed by atoms with van der Waals surface area (Å²) in [7, 11) is 0.822. The van der Waals surface area contributed by atoms with Gasteiger partial charge < -0.3 is 9.64 Å². The Morgan fingerprint density at radius 3 is 2.00 bits per heavy atom. The summed E-state index contributed by atoms with van der Waals surface area (Å²) in [5, 5.41) is 8.58. The van der Waals surface area contributed by atoms with Crippen molar-refractivity contribution < 1.29 is 27.5 Å². The molecule has 0 saturated carbocycles. The molecule has 0 bridgehead atoms. The van der Waals surface area contributed by atoms with Gasteiger partial charge in [-0.05, 0) is 18.8 Å². The molecule has 0 radical (unpaired) electrons. The molecule has 126 valence electrons. The molecule has 1 atom stereocenters. The van der Waals surface area contributed by atoms with E-state index in [1.54, 1.807) is 20.8 Å². The number of hydrogen-bond acceptors (Lipinski definition) is 4. The van der Waals surface area contributed by atoms with E-state index in [2.05, 4.69) is 4.74 Å². The number of amides is 1. The van der Waals surface area contributed by atoms with Crippen LogP contribution >= 0.6 is 0 Å². The van der Waals surface area contributed by atoms with Gasteiger partial charge in [0.25, 0.3) is 0 Å². The van der Waals surface area contributed by atoms with Crippen LogP contribution in [0.2, 0.25) is 0 Å². The molecular formula is C14H21F3N2O3. The summed E-state index contributed by atoms with van der Waals surface area (Å²) in [6.07, 6.45) is -5.54. The molecule has 0 saturated heterocycles. The van der Waals surface area contributed by atoms with Gasteiger partial charge in [-0.1, -0.05) is 20.8 Å². The van der Waals surface area contributed by atoms with Crippen LogP contribution in [0.15, 0.2) is 0 Å². The second kappa shape index (κ2) is 6.99. The molecule has 22 heavy (non-hydrogen) atoms. The Bertz CT molecular complexity index is 463. The highest BCUT2D eigenvalue weighted by atomic mass is 19.4. The van der Waals surface area contributed by atoms with Crippen molar-refractivity contribution in [3.63, 3.8) is 0 Å². The molecule has 0 aromatic carbocycles. The van der Waals surface area contributed by atoms with E-state index >= 15 is 0 Å². The minimum absolute atomic E-state index is 0.229. The van der Waals surface area contributed by atoms with E-state index in [0.29, 0.717) is 11.8 Å². The van der Waals surface area contributed by atoms with E-state index in [1.165, 1.54) is 6.07 Å². The molecule has 0 rings (SSSR count). The second-order valence-electron chi connectivity index (χ2n) is 6.25. The first-order chi connectivity index (χ1) is 9.81. The number of ether oxygens (including phenoxy) is 1. The number of halogens is 3. The average Bonchev–Trinajstić information content (AvgIpc) is 2.35. The lowest BCUT2D eigenvalue weighted by atomic mass is 9.90. The number of nitrogens with zero attached hydrogens (tertiary/aromatic N) is 2. The Labute approximate surface area is 128 Å². The van der Waals surface area contributed by atoms with Crippen LogP contribution in [0.3, 0.4) is 0 Å². The number of hydrogen-bond donors (Lipinski definition) is 0. The van der Waals surface area contributed by atoms with E-state index in [9.17, 15) is 22.8 Å². The minimum atomic E-state index is -5.02. The van der Waals surface area contributed by atoms with Gasteiger partial charge in [0.05, 0.1) is 13.2 Å². The van der Waals surface area contributed by atoms with Crippen molar-refractivity contribution in [3.05, 3.63) is 0 Å². The summed E-state index contributed by atoms with van der Waals surface area (Å²) in [6.45, 7) is 5.67. The fourth-order valence-electron chi connectivity index (χ4n) is 1.79. The third kappa shape index (κ3) is 4.61. The summed E-state index contributed by atoms with van der Waals surface area (Å²) in [5.74, 6) is -2.64. The van der Waals surface area contributed by atoms with Gasteiger partial charge in [-0.15, -0.1) is 0 Å². The lowest BCUT2D eigenvalue weighted by Gasteiger charge is -2.40. The number of nitriles is 1. The molecule has 0 aromatic heterocycles. The molecule has 1 amide bonds. The van der Waals surface area contributed by atoms with Crippen LogP contribution in [0, 0.1) is 16.7 Å². The SMILES string of the molecule is COC(=O)C(C)(N(CCC(C)(C)C)C(=O)CC#N)C(F)(F)F. The van der Waals surface area contributed by atoms with E-state index in [0.717, 1.165) is 7.11 Å². The van der Waals surface area contributed by atoms with Gasteiger partial charge in [0, 0.05) is 6.54 Å². The lowest BCUT2D eigenvalue weighted by molar-refractivity contribution is -0.234. The van der Waals surface area contributed by atoms with Crippen LogP contribution in [-0.2, 0) is 14.3 Å². The van der Waals surface area contributed by atoms with E-state index in [-0.39, 0.29) is 18.4 Å². The van der Waals surface area contributed by atoms with Crippen LogP contribution in [0.25, 0.3) is 0 Å². The van der Waals surface area contributed by atoms with Crippen molar-refractivity contribution in [2.75, 3.05) is 13.7 Å². The Kier molecular flexibility index (Phi) is 6.42. The zero-order valence-corrected chi connectivity index (χ0v) is 13.4. The van der Waals surface area contributed by atoms with Gasteiger partial charge in [0.1, 0.15) is 6.42 Å². The molecule has 0 aromatic rings. The van der Waals surface area contributed by atoms with E-state index in [1.807, 2.05) is 0 Å². The maximum atomic E-state index is 13.4. The minimum Gasteiger partial charge on any atom is -0.467 e. The van der Waals surface area contributed by atoms with Crippen LogP contribution < -0.4 is 0 Å². The Balaban J connectivity index is 5.82. The molecule has 0 aliphatic heterocycles. The monoisotopic (exact) mass is 322 g/mol. The Hall–Kier alpha value is -1.78. The van der Waals surface area contributed by atoms with Crippen molar-refractivity contribution in [1.82, 2.24) is 4.90 Å². The lowest BCUT2D eigenvalue weighted by Crippen LogP contribution is -2.64. The summed E-state index contributed by atoms with van der Waals surface area (Å²) in [6, 6.07) is 1.51. The number of alkyl halides is 3. The molecule has 1 unspecified atom stereocenters. The predicted molar refractivity (Wildman–Crippen MR) is 72.5 cm³/mol. The summed E-state index contributed by atoms with van der Waals surface area (Å²) in [5.41, 5.74) is -3.48. The van der Waals surface area contributed by atoms with Crippen molar-refractivity contribution in [2.45, 2.75) is 52.3 Å². The van der Waals surface area contributed by atoms with Gasteiger partial charge in [-0.3, -0.25) is 4.79 Å². The van der Waals surface area contributed by atoms with Gasteiger partial charge in [-0.25, -0.2) is 4.79 Å². The van der Waals surface area contributed by atoms with Crippen LogP contribution in [0.1, 0.15) is 40.5 Å². The normalized spacial score (nSPS) is 14.7. The molecule has 5 nitrogen and oxygen atoms in total. The largest absolute Gasteiger partial charge is 0.467 e. The van der Waals surface area contributed by atoms with Crippen LogP contribution in [-0.4, -0.2) is 42.1 Å². The van der Waals surface area contributed by atoms with E-state index in [4.69, 9.17) is 5.26 Å². The fraction of sp³-hybridized carbons (Fsp3) is 0.786. The fourth-order valence-corrected chi connectivity index (χ4v) is 1.79. The maximum absolute atomic E-state index is 13.4. The number of rotatable bonds is 5. The number of carbonyl (C=O) groups excluding carboxylic acids is 2. The molecule has 8 heteroatoms. The summed E-state index contributed by atoms with van der Waals surface area (Å²) < 4.78 is 44.6. The number of esters is 1. The smallest absolute Gasteiger partial charge is 0.422 e. The highest BCUT2D eigenvalue weighted by Gasteiger charge is 2.62. The van der Waals surface area contributed by atoms with Gasteiger partial charge >= 0.3 is 12.1 Å². The molecular weight excluding hydrogens is 301 g/mol. The van der Waals surface area contributed by atoms with Crippen molar-refractivity contribution >= 4 is 11.9 Å². The molecule has 0 heterocycles. The average molecular weight is 322 g/mol. The second-order valence-corrected chi connectivity index (χ2v) is 6.25. The topological polar surface area (TPSA) is 70.4 Å². The van der Waals surface area contributed by atoms with Gasteiger partial charge in [-0.2, -0.15) is 18.4 Å². The molecule has 0 aliphatic rings. The van der Waals surface area contributed by atoms with Crippen molar-refractivity contribution in [1.29, 1.82) is 5.26 Å². The number of methoxy groups -OCH3 is 1. The zero-order valence-electron chi connectivity index (χ0n) is 13.4. The molecule has 0 N–H and O–H groups in total. The quantitative estimate of drug-likeness (QED) is 0.730. The highest BCUT2D eigenvalue weighted by Crippen LogP contribution is 2.37. The first-order valence-electron chi connectivity index (χ1n) is 6.64. The third-order valence-corrected chi connectivity index (χ3v) is 3.29. The first kappa shape index (κ1) is 20.2. The Morgan fingerprint density at radius 2 is 1.68 bits per heavy atom. The number of carbonyl (C=O) groups is 2. The van der Waals surface area contributed by atoms with Crippen molar-refractivity contribution in [3.8, 4) is 6.07 Å².